The Hall–Kier alpha value is -1.83. The van der Waals surface area contributed by atoms with E-state index >= 15 is 0 Å². The number of anilines is 1. The molecular formula is C21H31ClN6S. The Balaban J connectivity index is 1.66. The summed E-state index contributed by atoms with van der Waals surface area (Å²) < 4.78 is 0. The summed E-state index contributed by atoms with van der Waals surface area (Å²) in [7, 11) is 2.17. The van der Waals surface area contributed by atoms with E-state index < -0.39 is 0 Å². The molecule has 0 spiro atoms. The lowest BCUT2D eigenvalue weighted by Crippen LogP contribution is -2.44. The minimum Gasteiger partial charge on any atom is -0.369 e. The summed E-state index contributed by atoms with van der Waals surface area (Å²) in [5.74, 6) is 0.810. The molecule has 1 aromatic heterocycles. The van der Waals surface area contributed by atoms with Gasteiger partial charge in [0.2, 0.25) is 0 Å². The first-order chi connectivity index (χ1) is 14.1. The molecule has 2 N–H and O–H groups in total. The third-order valence-electron chi connectivity index (χ3n) is 4.98. The largest absolute Gasteiger partial charge is 0.369 e. The number of hydrogen-bond acceptors (Lipinski definition) is 5. The van der Waals surface area contributed by atoms with Gasteiger partial charge in [-0.3, -0.25) is 0 Å². The molecule has 8 heteroatoms. The zero-order valence-corrected chi connectivity index (χ0v) is 19.1. The fourth-order valence-electron chi connectivity index (χ4n) is 3.35. The van der Waals surface area contributed by atoms with Crippen LogP contribution < -0.4 is 15.5 Å². The van der Waals surface area contributed by atoms with Crippen LogP contribution in [0.4, 0.5) is 5.69 Å². The lowest BCUT2D eigenvalue weighted by molar-refractivity contribution is 0.312. The van der Waals surface area contributed by atoms with Gasteiger partial charge in [0, 0.05) is 73.0 Å². The standard InChI is InChI=1S/C21H31ClN6S/c1-4-23-21(24-9-8-20-25-14-16(2)29-20)26-15-17-18(22)6-5-7-19(17)28-12-10-27(3)11-13-28/h5-7,14H,4,8-13,15H2,1-3H3,(H2,23,24,26). The van der Waals surface area contributed by atoms with Crippen LogP contribution >= 0.6 is 22.9 Å². The molecule has 0 radical (unpaired) electrons. The van der Waals surface area contributed by atoms with Gasteiger partial charge in [-0.25, -0.2) is 9.98 Å². The van der Waals surface area contributed by atoms with Gasteiger partial charge in [0.25, 0.3) is 0 Å². The number of nitrogens with one attached hydrogen (secondary N) is 2. The first-order valence-electron chi connectivity index (χ1n) is 10.2. The van der Waals surface area contributed by atoms with Crippen LogP contribution in [0.1, 0.15) is 22.4 Å². The molecule has 2 heterocycles. The van der Waals surface area contributed by atoms with Crippen molar-refractivity contribution in [3.63, 3.8) is 0 Å². The topological polar surface area (TPSA) is 55.8 Å². The van der Waals surface area contributed by atoms with Crippen LogP contribution in [0, 0.1) is 6.92 Å². The number of guanidine groups is 1. The highest BCUT2D eigenvalue weighted by Gasteiger charge is 2.18. The molecule has 1 aliphatic rings. The zero-order valence-electron chi connectivity index (χ0n) is 17.5. The molecule has 1 saturated heterocycles. The summed E-state index contributed by atoms with van der Waals surface area (Å²) >= 11 is 8.32. The molecule has 1 aromatic carbocycles. The maximum atomic E-state index is 6.57. The molecule has 29 heavy (non-hydrogen) atoms. The van der Waals surface area contributed by atoms with Crippen molar-refractivity contribution < 1.29 is 0 Å². The number of benzene rings is 1. The van der Waals surface area contributed by atoms with Gasteiger partial charge in [0.15, 0.2) is 5.96 Å². The Labute approximate surface area is 183 Å². The van der Waals surface area contributed by atoms with Gasteiger partial charge in [0.1, 0.15) is 0 Å². The van der Waals surface area contributed by atoms with Crippen molar-refractivity contribution in [2.45, 2.75) is 26.8 Å². The highest BCUT2D eigenvalue weighted by Crippen LogP contribution is 2.29. The first kappa shape index (κ1) is 21.9. The Morgan fingerprint density at radius 1 is 1.24 bits per heavy atom. The third-order valence-corrected chi connectivity index (χ3v) is 6.30. The average molecular weight is 435 g/mol. The number of aliphatic imine (C=N–C) groups is 1. The number of hydrogen-bond donors (Lipinski definition) is 2. The molecular weight excluding hydrogens is 404 g/mol. The van der Waals surface area contributed by atoms with Crippen LogP contribution in [0.25, 0.3) is 0 Å². The van der Waals surface area contributed by atoms with E-state index in [0.29, 0.717) is 6.54 Å². The Morgan fingerprint density at radius 2 is 2.03 bits per heavy atom. The number of halogens is 1. The number of aromatic nitrogens is 1. The van der Waals surface area contributed by atoms with Crippen LogP contribution in [0.3, 0.4) is 0 Å². The van der Waals surface area contributed by atoms with E-state index in [2.05, 4.69) is 52.4 Å². The monoisotopic (exact) mass is 434 g/mol. The van der Waals surface area contributed by atoms with Crippen LogP contribution in [-0.4, -0.2) is 62.2 Å². The summed E-state index contributed by atoms with van der Waals surface area (Å²) in [6.45, 7) is 10.5. The second-order valence-corrected chi connectivity index (χ2v) is 8.99. The van der Waals surface area contributed by atoms with Gasteiger partial charge >= 0.3 is 0 Å². The Morgan fingerprint density at radius 3 is 2.72 bits per heavy atom. The van der Waals surface area contributed by atoms with E-state index in [-0.39, 0.29) is 0 Å². The number of nitrogens with zero attached hydrogens (tertiary/aromatic N) is 4. The van der Waals surface area contributed by atoms with E-state index in [1.54, 1.807) is 11.3 Å². The fourth-order valence-corrected chi connectivity index (χ4v) is 4.37. The van der Waals surface area contributed by atoms with Crippen molar-refractivity contribution in [2.24, 2.45) is 4.99 Å². The van der Waals surface area contributed by atoms with E-state index in [4.69, 9.17) is 16.6 Å². The molecule has 1 aliphatic heterocycles. The fraction of sp³-hybridized carbons (Fsp3) is 0.524. The molecule has 3 rings (SSSR count). The summed E-state index contributed by atoms with van der Waals surface area (Å²) in [5.41, 5.74) is 2.29. The summed E-state index contributed by atoms with van der Waals surface area (Å²) in [6, 6.07) is 6.15. The van der Waals surface area contributed by atoms with Crippen LogP contribution in [0.2, 0.25) is 5.02 Å². The van der Waals surface area contributed by atoms with Gasteiger partial charge < -0.3 is 20.4 Å². The lowest BCUT2D eigenvalue weighted by atomic mass is 10.1. The predicted octanol–water partition coefficient (Wildman–Crippen LogP) is 3.15. The summed E-state index contributed by atoms with van der Waals surface area (Å²) in [6.07, 6.45) is 2.82. The van der Waals surface area contributed by atoms with Gasteiger partial charge in [-0.1, -0.05) is 17.7 Å². The minimum absolute atomic E-state index is 0.549. The maximum Gasteiger partial charge on any atom is 0.191 e. The molecule has 1 fully saturated rings. The van der Waals surface area contributed by atoms with Crippen molar-refractivity contribution in [1.29, 1.82) is 0 Å². The molecule has 0 bridgehead atoms. The van der Waals surface area contributed by atoms with Gasteiger partial charge in [0.05, 0.1) is 11.6 Å². The van der Waals surface area contributed by atoms with Gasteiger partial charge in [-0.15, -0.1) is 11.3 Å². The van der Waals surface area contributed by atoms with Crippen molar-refractivity contribution in [3.05, 3.63) is 44.9 Å². The van der Waals surface area contributed by atoms with Crippen molar-refractivity contribution in [1.82, 2.24) is 20.5 Å². The van der Waals surface area contributed by atoms with Crippen LogP contribution in [-0.2, 0) is 13.0 Å². The van der Waals surface area contributed by atoms with Crippen LogP contribution in [0.5, 0.6) is 0 Å². The molecule has 0 aliphatic carbocycles. The minimum atomic E-state index is 0.549. The van der Waals surface area contributed by atoms with Crippen molar-refractivity contribution >= 4 is 34.6 Å². The predicted molar refractivity (Wildman–Crippen MR) is 125 cm³/mol. The lowest BCUT2D eigenvalue weighted by Gasteiger charge is -2.35. The number of thiazole rings is 1. The van der Waals surface area contributed by atoms with Gasteiger partial charge in [-0.2, -0.15) is 0 Å². The average Bonchev–Trinajstić information content (AvgIpc) is 3.12. The highest BCUT2D eigenvalue weighted by atomic mass is 35.5. The molecule has 158 valence electrons. The molecule has 2 aromatic rings. The number of likely N-dealkylation sites (N-methyl/N-ethyl adjacent to an activating group) is 1. The van der Waals surface area contributed by atoms with Crippen molar-refractivity contribution in [3.8, 4) is 0 Å². The second-order valence-electron chi connectivity index (χ2n) is 7.26. The summed E-state index contributed by atoms with van der Waals surface area (Å²) in [4.78, 5) is 15.3. The smallest absolute Gasteiger partial charge is 0.191 e. The number of aryl methyl sites for hydroxylation is 1. The zero-order chi connectivity index (χ0) is 20.6. The van der Waals surface area contributed by atoms with E-state index in [0.717, 1.165) is 67.2 Å². The van der Waals surface area contributed by atoms with E-state index in [9.17, 15) is 0 Å². The molecule has 0 saturated carbocycles. The SMILES string of the molecule is CCNC(=NCc1c(Cl)cccc1N1CCN(C)CC1)NCCc1ncc(C)s1. The quantitative estimate of drug-likeness (QED) is 0.518. The van der Waals surface area contributed by atoms with Crippen LogP contribution in [0.15, 0.2) is 29.4 Å². The van der Waals surface area contributed by atoms with E-state index in [1.165, 1.54) is 10.6 Å². The number of piperazine rings is 1. The third kappa shape index (κ3) is 6.32. The second kappa shape index (κ2) is 10.8. The first-order valence-corrected chi connectivity index (χ1v) is 11.4. The highest BCUT2D eigenvalue weighted by molar-refractivity contribution is 7.11. The number of rotatable bonds is 7. The maximum absolute atomic E-state index is 6.57. The Bertz CT molecular complexity index is 813. The summed E-state index contributed by atoms with van der Waals surface area (Å²) in [5, 5.41) is 8.67. The molecule has 0 amide bonds. The molecule has 6 nitrogen and oxygen atoms in total. The van der Waals surface area contributed by atoms with Gasteiger partial charge in [-0.05, 0) is 33.0 Å². The molecule has 0 unspecified atom stereocenters. The normalized spacial score (nSPS) is 15.6. The Kier molecular flexibility index (Phi) is 8.15. The van der Waals surface area contributed by atoms with E-state index in [1.807, 2.05) is 18.3 Å². The molecule has 0 atom stereocenters. The van der Waals surface area contributed by atoms with Crippen molar-refractivity contribution in [2.75, 3.05) is 51.2 Å².